The number of nitrogens with one attached hydrogen (secondary N) is 3. The van der Waals surface area contributed by atoms with E-state index in [0.29, 0.717) is 23.0 Å². The molecule has 0 saturated carbocycles. The van der Waals surface area contributed by atoms with Crippen LogP contribution in [-0.2, 0) is 4.79 Å². The highest BCUT2D eigenvalue weighted by Gasteiger charge is 2.03. The summed E-state index contributed by atoms with van der Waals surface area (Å²) in [4.78, 5) is 26.7. The fraction of sp³-hybridized carbons (Fsp3) is 0. The maximum atomic E-state index is 11.2. The van der Waals surface area contributed by atoms with Crippen molar-refractivity contribution in [2.45, 2.75) is 0 Å². The molecule has 1 amide bonds. The molecule has 0 unspecified atom stereocenters. The van der Waals surface area contributed by atoms with Crippen LogP contribution in [0.5, 0.6) is 0 Å². The Morgan fingerprint density at radius 1 is 1.38 bits per heavy atom. The molecule has 0 aliphatic carbocycles. The highest BCUT2D eigenvalue weighted by Crippen LogP contribution is 2.18. The van der Waals surface area contributed by atoms with Crippen molar-refractivity contribution in [1.29, 1.82) is 0 Å². The molecule has 2 heterocycles. The lowest BCUT2D eigenvalue weighted by Gasteiger charge is -1.92. The summed E-state index contributed by atoms with van der Waals surface area (Å²) in [7, 11) is 0. The third kappa shape index (κ3) is 1.10. The monoisotopic (exact) mass is 177 g/mol. The first-order valence-corrected chi connectivity index (χ1v) is 3.72. The SMILES string of the molecule is O=CNc1c[nH]c2c(=O)[nH]ccc12. The van der Waals surface area contributed by atoms with Crippen LogP contribution in [0.2, 0.25) is 0 Å². The number of aromatic amines is 2. The van der Waals surface area contributed by atoms with Crippen LogP contribution in [0.15, 0.2) is 23.3 Å². The van der Waals surface area contributed by atoms with Gasteiger partial charge in [-0.15, -0.1) is 0 Å². The van der Waals surface area contributed by atoms with Crippen LogP contribution in [0.4, 0.5) is 5.69 Å². The van der Waals surface area contributed by atoms with E-state index in [9.17, 15) is 9.59 Å². The van der Waals surface area contributed by atoms with Crippen molar-refractivity contribution in [3.8, 4) is 0 Å². The zero-order chi connectivity index (χ0) is 9.26. The number of carbonyl (C=O) groups is 1. The summed E-state index contributed by atoms with van der Waals surface area (Å²) in [6.07, 6.45) is 3.69. The number of pyridine rings is 1. The van der Waals surface area contributed by atoms with Crippen molar-refractivity contribution in [2.24, 2.45) is 0 Å². The summed E-state index contributed by atoms with van der Waals surface area (Å²) < 4.78 is 0. The summed E-state index contributed by atoms with van der Waals surface area (Å²) in [6, 6.07) is 1.72. The van der Waals surface area contributed by atoms with Crippen LogP contribution < -0.4 is 10.9 Å². The molecular formula is C8H7N3O2. The molecule has 0 atom stereocenters. The average molecular weight is 177 g/mol. The van der Waals surface area contributed by atoms with E-state index in [0.717, 1.165) is 0 Å². The van der Waals surface area contributed by atoms with Gasteiger partial charge in [-0.1, -0.05) is 0 Å². The number of hydrogen-bond acceptors (Lipinski definition) is 2. The molecule has 0 radical (unpaired) electrons. The Morgan fingerprint density at radius 3 is 3.00 bits per heavy atom. The highest BCUT2D eigenvalue weighted by molar-refractivity contribution is 5.95. The van der Waals surface area contributed by atoms with Gasteiger partial charge in [0.2, 0.25) is 6.41 Å². The minimum Gasteiger partial charge on any atom is -0.355 e. The second-order valence-electron chi connectivity index (χ2n) is 2.56. The summed E-state index contributed by atoms with van der Waals surface area (Å²) in [5.41, 5.74) is 0.874. The molecule has 0 aliphatic heterocycles. The minimum absolute atomic E-state index is 0.198. The summed E-state index contributed by atoms with van der Waals surface area (Å²) in [5, 5.41) is 3.20. The molecule has 66 valence electrons. The predicted octanol–water partition coefficient (Wildman–Crippen LogP) is 0.424. The quantitative estimate of drug-likeness (QED) is 0.581. The number of rotatable bonds is 2. The van der Waals surface area contributed by atoms with Crippen molar-refractivity contribution < 1.29 is 4.79 Å². The minimum atomic E-state index is -0.198. The van der Waals surface area contributed by atoms with E-state index < -0.39 is 0 Å². The topological polar surface area (TPSA) is 77.8 Å². The first kappa shape index (κ1) is 7.60. The van der Waals surface area contributed by atoms with Gasteiger partial charge in [-0.05, 0) is 6.07 Å². The second kappa shape index (κ2) is 2.78. The van der Waals surface area contributed by atoms with Crippen LogP contribution in [0.25, 0.3) is 10.9 Å². The normalized spacial score (nSPS) is 10.2. The van der Waals surface area contributed by atoms with Gasteiger partial charge < -0.3 is 15.3 Å². The Bertz CT molecular complexity index is 497. The largest absolute Gasteiger partial charge is 0.355 e. The molecule has 0 bridgehead atoms. The van der Waals surface area contributed by atoms with Crippen LogP contribution in [-0.4, -0.2) is 16.4 Å². The zero-order valence-corrected chi connectivity index (χ0v) is 6.63. The molecule has 2 aromatic heterocycles. The average Bonchev–Trinajstić information content (AvgIpc) is 2.51. The number of fused-ring (bicyclic) bond motifs is 1. The van der Waals surface area contributed by atoms with Crippen LogP contribution in [0.3, 0.4) is 0 Å². The van der Waals surface area contributed by atoms with E-state index in [2.05, 4.69) is 15.3 Å². The van der Waals surface area contributed by atoms with Gasteiger partial charge >= 0.3 is 0 Å². The lowest BCUT2D eigenvalue weighted by atomic mass is 10.3. The Balaban J connectivity index is 2.75. The fourth-order valence-electron chi connectivity index (χ4n) is 1.25. The molecule has 0 saturated heterocycles. The van der Waals surface area contributed by atoms with Gasteiger partial charge in [-0.3, -0.25) is 9.59 Å². The van der Waals surface area contributed by atoms with Crippen LogP contribution in [0.1, 0.15) is 0 Å². The van der Waals surface area contributed by atoms with Crippen LogP contribution >= 0.6 is 0 Å². The summed E-state index contributed by atoms with van der Waals surface area (Å²) >= 11 is 0. The van der Waals surface area contributed by atoms with E-state index in [4.69, 9.17) is 0 Å². The molecule has 0 aromatic carbocycles. The van der Waals surface area contributed by atoms with E-state index in [1.165, 1.54) is 6.20 Å². The predicted molar refractivity (Wildman–Crippen MR) is 48.6 cm³/mol. The third-order valence-corrected chi connectivity index (χ3v) is 1.83. The fourth-order valence-corrected chi connectivity index (χ4v) is 1.25. The summed E-state index contributed by atoms with van der Waals surface area (Å²) in [5.74, 6) is 0. The number of anilines is 1. The van der Waals surface area contributed by atoms with Crippen molar-refractivity contribution in [1.82, 2.24) is 9.97 Å². The van der Waals surface area contributed by atoms with E-state index >= 15 is 0 Å². The Kier molecular flexibility index (Phi) is 1.63. The van der Waals surface area contributed by atoms with E-state index in [-0.39, 0.29) is 5.56 Å². The Hall–Kier alpha value is -2.04. The maximum Gasteiger partial charge on any atom is 0.272 e. The van der Waals surface area contributed by atoms with Gasteiger partial charge in [0.25, 0.3) is 5.56 Å². The van der Waals surface area contributed by atoms with Crippen molar-refractivity contribution in [3.63, 3.8) is 0 Å². The molecule has 2 aromatic rings. The van der Waals surface area contributed by atoms with Crippen LogP contribution in [0, 0.1) is 0 Å². The van der Waals surface area contributed by atoms with E-state index in [1.54, 1.807) is 12.3 Å². The number of aromatic nitrogens is 2. The molecule has 2 rings (SSSR count). The van der Waals surface area contributed by atoms with Crippen molar-refractivity contribution >= 4 is 23.0 Å². The Labute approximate surface area is 72.8 Å². The van der Waals surface area contributed by atoms with Gasteiger partial charge in [0.05, 0.1) is 5.69 Å². The molecule has 0 aliphatic rings. The zero-order valence-electron chi connectivity index (χ0n) is 6.63. The smallest absolute Gasteiger partial charge is 0.272 e. The first-order chi connectivity index (χ1) is 6.33. The second-order valence-corrected chi connectivity index (χ2v) is 2.56. The number of amides is 1. The van der Waals surface area contributed by atoms with Gasteiger partial charge in [0, 0.05) is 17.8 Å². The highest BCUT2D eigenvalue weighted by atomic mass is 16.1. The van der Waals surface area contributed by atoms with Crippen molar-refractivity contribution in [2.75, 3.05) is 5.32 Å². The van der Waals surface area contributed by atoms with Gasteiger partial charge in [0.1, 0.15) is 5.52 Å². The van der Waals surface area contributed by atoms with Gasteiger partial charge in [0.15, 0.2) is 0 Å². The molecule has 0 fully saturated rings. The molecular weight excluding hydrogens is 170 g/mol. The summed E-state index contributed by atoms with van der Waals surface area (Å²) in [6.45, 7) is 0. The molecule has 5 nitrogen and oxygen atoms in total. The third-order valence-electron chi connectivity index (χ3n) is 1.83. The molecule has 13 heavy (non-hydrogen) atoms. The molecule has 0 spiro atoms. The lowest BCUT2D eigenvalue weighted by molar-refractivity contribution is -0.105. The van der Waals surface area contributed by atoms with Gasteiger partial charge in [-0.25, -0.2) is 0 Å². The Morgan fingerprint density at radius 2 is 2.23 bits per heavy atom. The van der Waals surface area contributed by atoms with Gasteiger partial charge in [-0.2, -0.15) is 0 Å². The standard InChI is InChI=1S/C8H7N3O2/c12-4-11-6-3-10-7-5(6)1-2-9-8(7)13/h1-4,10H,(H,9,13)(H,11,12). The number of H-pyrrole nitrogens is 2. The van der Waals surface area contributed by atoms with E-state index in [1.807, 2.05) is 0 Å². The maximum absolute atomic E-state index is 11.2. The molecule has 3 N–H and O–H groups in total. The lowest BCUT2D eigenvalue weighted by Crippen LogP contribution is -2.04. The number of hydrogen-bond donors (Lipinski definition) is 3. The van der Waals surface area contributed by atoms with Crippen molar-refractivity contribution in [3.05, 3.63) is 28.8 Å². The number of carbonyl (C=O) groups excluding carboxylic acids is 1. The first-order valence-electron chi connectivity index (χ1n) is 3.72. The molecule has 5 heteroatoms.